The van der Waals surface area contributed by atoms with Gasteiger partial charge in [-0.25, -0.2) is 18.2 Å². The number of carbonyl (C=O) groups is 1. The van der Waals surface area contributed by atoms with Crippen molar-refractivity contribution < 1.29 is 17.9 Å². The highest BCUT2D eigenvalue weighted by atomic mass is 35.7. The summed E-state index contributed by atoms with van der Waals surface area (Å²) >= 11 is 5.51. The maximum absolute atomic E-state index is 11.2. The average Bonchev–Trinajstić information content (AvgIpc) is 2.14. The topological polar surface area (TPSA) is 73.3 Å². The Labute approximate surface area is 95.4 Å². The highest BCUT2D eigenvalue weighted by Gasteiger charge is 2.22. The van der Waals surface area contributed by atoms with Gasteiger partial charge in [-0.05, 0) is 6.07 Å². The van der Waals surface area contributed by atoms with Gasteiger partial charge in [0.05, 0.1) is 12.7 Å². The van der Waals surface area contributed by atoms with Gasteiger partial charge < -0.3 is 4.74 Å². The Balaban J connectivity index is 3.47. The zero-order valence-corrected chi connectivity index (χ0v) is 9.73. The van der Waals surface area contributed by atoms with E-state index >= 15 is 0 Å². The summed E-state index contributed by atoms with van der Waals surface area (Å²) in [6.45, 7) is 0. The monoisotopic (exact) mass is 269 g/mol. The van der Waals surface area contributed by atoms with E-state index in [-0.39, 0.29) is 10.7 Å². The maximum atomic E-state index is 11.2. The van der Waals surface area contributed by atoms with E-state index < -0.39 is 19.9 Å². The number of hydrogen-bond acceptors (Lipinski definition) is 5. The van der Waals surface area contributed by atoms with Crippen molar-refractivity contribution in [2.24, 2.45) is 0 Å². The summed E-state index contributed by atoms with van der Waals surface area (Å²) in [5.41, 5.74) is -0.243. The first kappa shape index (κ1) is 12.2. The summed E-state index contributed by atoms with van der Waals surface area (Å²) in [5, 5.41) is -0.0283. The first-order valence-corrected chi connectivity index (χ1v) is 6.23. The van der Waals surface area contributed by atoms with E-state index in [1.54, 1.807) is 0 Å². The molecule has 0 amide bonds. The van der Waals surface area contributed by atoms with Gasteiger partial charge in [-0.2, -0.15) is 0 Å². The number of pyridine rings is 1. The molecule has 0 saturated carbocycles. The van der Waals surface area contributed by atoms with Crippen molar-refractivity contribution in [3.63, 3.8) is 0 Å². The molecule has 1 heterocycles. The van der Waals surface area contributed by atoms with E-state index in [4.69, 9.17) is 22.3 Å². The fourth-order valence-electron chi connectivity index (χ4n) is 0.881. The summed E-state index contributed by atoms with van der Waals surface area (Å²) in [5.74, 6) is -0.849. The maximum Gasteiger partial charge on any atom is 0.339 e. The van der Waals surface area contributed by atoms with Gasteiger partial charge in [-0.1, -0.05) is 11.6 Å². The molecule has 0 unspecified atom stereocenters. The molecule has 0 fully saturated rings. The Morgan fingerprint density at radius 3 is 2.60 bits per heavy atom. The molecule has 15 heavy (non-hydrogen) atoms. The van der Waals surface area contributed by atoms with Crippen molar-refractivity contribution >= 4 is 37.3 Å². The fraction of sp³-hybridized carbons (Fsp3) is 0.143. The van der Waals surface area contributed by atoms with E-state index in [1.807, 2.05) is 0 Å². The Kier molecular flexibility index (Phi) is 3.54. The summed E-state index contributed by atoms with van der Waals surface area (Å²) in [7, 11) is 2.16. The zero-order valence-electron chi connectivity index (χ0n) is 7.40. The van der Waals surface area contributed by atoms with E-state index in [1.165, 1.54) is 0 Å². The van der Waals surface area contributed by atoms with Crippen LogP contribution in [-0.2, 0) is 13.8 Å². The standard InChI is InChI=1S/C7H5Cl2NO4S/c1-14-7(11)4-2-6(8)10-3-5(4)15(9,12)13/h2-3H,1H3. The normalized spacial score (nSPS) is 11.1. The first-order chi connectivity index (χ1) is 6.86. The van der Waals surface area contributed by atoms with Gasteiger partial charge in [0.25, 0.3) is 9.05 Å². The molecule has 1 aromatic rings. The van der Waals surface area contributed by atoms with Crippen LogP contribution < -0.4 is 0 Å². The average molecular weight is 270 g/mol. The molecule has 0 aliphatic heterocycles. The zero-order chi connectivity index (χ0) is 11.6. The van der Waals surface area contributed by atoms with Crippen molar-refractivity contribution in [1.29, 1.82) is 0 Å². The number of carbonyl (C=O) groups excluding carboxylic acids is 1. The lowest BCUT2D eigenvalue weighted by molar-refractivity contribution is 0.0596. The minimum absolute atomic E-state index is 0.0283. The van der Waals surface area contributed by atoms with Crippen LogP contribution in [0.5, 0.6) is 0 Å². The Bertz CT molecular complexity index is 500. The molecule has 0 spiro atoms. The number of esters is 1. The Morgan fingerprint density at radius 2 is 2.13 bits per heavy atom. The van der Waals surface area contributed by atoms with Crippen molar-refractivity contribution in [3.05, 3.63) is 23.0 Å². The highest BCUT2D eigenvalue weighted by Crippen LogP contribution is 2.22. The van der Waals surface area contributed by atoms with Gasteiger partial charge in [-0.3, -0.25) is 0 Å². The Morgan fingerprint density at radius 1 is 1.53 bits per heavy atom. The molecular formula is C7H5Cl2NO4S. The smallest absolute Gasteiger partial charge is 0.339 e. The van der Waals surface area contributed by atoms with Gasteiger partial charge in [0.15, 0.2) is 0 Å². The van der Waals surface area contributed by atoms with Crippen LogP contribution in [0.1, 0.15) is 10.4 Å². The number of rotatable bonds is 2. The SMILES string of the molecule is COC(=O)c1cc(Cl)ncc1S(=O)(=O)Cl. The molecule has 0 atom stereocenters. The van der Waals surface area contributed by atoms with E-state index in [2.05, 4.69) is 9.72 Å². The van der Waals surface area contributed by atoms with Crippen LogP contribution in [-0.4, -0.2) is 26.5 Å². The van der Waals surface area contributed by atoms with Crippen LogP contribution in [0, 0.1) is 0 Å². The number of halogens is 2. The van der Waals surface area contributed by atoms with Gasteiger partial charge in [0, 0.05) is 16.9 Å². The summed E-state index contributed by atoms with van der Waals surface area (Å²) in [4.78, 5) is 14.3. The van der Waals surface area contributed by atoms with Crippen LogP contribution >= 0.6 is 22.3 Å². The number of ether oxygens (including phenoxy) is 1. The van der Waals surface area contributed by atoms with E-state index in [0.717, 1.165) is 19.4 Å². The van der Waals surface area contributed by atoms with Gasteiger partial charge in [0.2, 0.25) is 0 Å². The van der Waals surface area contributed by atoms with E-state index in [0.29, 0.717) is 0 Å². The molecule has 0 aromatic carbocycles. The molecule has 5 nitrogen and oxygen atoms in total. The first-order valence-electron chi connectivity index (χ1n) is 3.55. The third-order valence-electron chi connectivity index (χ3n) is 1.50. The molecule has 82 valence electrons. The molecule has 0 radical (unpaired) electrons. The third kappa shape index (κ3) is 2.80. The summed E-state index contributed by atoms with van der Waals surface area (Å²) < 4.78 is 26.5. The minimum atomic E-state index is -4.06. The lowest BCUT2D eigenvalue weighted by Gasteiger charge is -2.04. The highest BCUT2D eigenvalue weighted by molar-refractivity contribution is 8.13. The van der Waals surface area contributed by atoms with E-state index in [9.17, 15) is 13.2 Å². The quantitative estimate of drug-likeness (QED) is 0.462. The molecule has 8 heteroatoms. The number of hydrogen-bond donors (Lipinski definition) is 0. The van der Waals surface area contributed by atoms with Crippen LogP contribution in [0.4, 0.5) is 0 Å². The molecule has 0 aliphatic carbocycles. The van der Waals surface area contributed by atoms with Gasteiger partial charge in [-0.15, -0.1) is 0 Å². The minimum Gasteiger partial charge on any atom is -0.465 e. The second kappa shape index (κ2) is 4.34. The Hall–Kier alpha value is -0.850. The molecule has 0 bridgehead atoms. The lowest BCUT2D eigenvalue weighted by Crippen LogP contribution is -2.08. The number of aromatic nitrogens is 1. The molecule has 1 rings (SSSR count). The largest absolute Gasteiger partial charge is 0.465 e. The van der Waals surface area contributed by atoms with Crippen molar-refractivity contribution in [2.75, 3.05) is 7.11 Å². The second-order valence-electron chi connectivity index (χ2n) is 2.43. The predicted molar refractivity (Wildman–Crippen MR) is 53.6 cm³/mol. The van der Waals surface area contributed by atoms with Crippen LogP contribution in [0.15, 0.2) is 17.2 Å². The van der Waals surface area contributed by atoms with Crippen LogP contribution in [0.25, 0.3) is 0 Å². The molecule has 0 saturated heterocycles. The van der Waals surface area contributed by atoms with Crippen LogP contribution in [0.3, 0.4) is 0 Å². The third-order valence-corrected chi connectivity index (χ3v) is 3.06. The van der Waals surface area contributed by atoms with Crippen LogP contribution in [0.2, 0.25) is 5.15 Å². The molecule has 1 aromatic heterocycles. The predicted octanol–water partition coefficient (Wildman–Crippen LogP) is 1.45. The summed E-state index contributed by atoms with van der Waals surface area (Å²) in [6.07, 6.45) is 0.900. The van der Waals surface area contributed by atoms with Gasteiger partial charge >= 0.3 is 5.97 Å². The second-order valence-corrected chi connectivity index (χ2v) is 5.35. The number of nitrogens with zero attached hydrogens (tertiary/aromatic N) is 1. The van der Waals surface area contributed by atoms with Gasteiger partial charge in [0.1, 0.15) is 10.0 Å². The van der Waals surface area contributed by atoms with Crippen molar-refractivity contribution in [1.82, 2.24) is 4.98 Å². The van der Waals surface area contributed by atoms with Crippen molar-refractivity contribution in [3.8, 4) is 0 Å². The molecule has 0 N–H and O–H groups in total. The fourth-order valence-corrected chi connectivity index (χ4v) is 1.99. The number of methoxy groups -OCH3 is 1. The molecular weight excluding hydrogens is 265 g/mol. The van der Waals surface area contributed by atoms with Crippen molar-refractivity contribution in [2.45, 2.75) is 4.90 Å². The molecule has 0 aliphatic rings. The summed E-state index contributed by atoms with van der Waals surface area (Å²) in [6, 6.07) is 1.07. The lowest BCUT2D eigenvalue weighted by atomic mass is 10.3.